The van der Waals surface area contributed by atoms with E-state index in [2.05, 4.69) is 47.8 Å². The molecule has 0 spiro atoms. The van der Waals surface area contributed by atoms with E-state index in [9.17, 15) is 4.79 Å². The highest BCUT2D eigenvalue weighted by molar-refractivity contribution is 9.28. The van der Waals surface area contributed by atoms with Crippen molar-refractivity contribution in [2.75, 3.05) is 6.61 Å². The lowest BCUT2D eigenvalue weighted by Crippen LogP contribution is -2.36. The molecule has 0 aromatic carbocycles. The van der Waals surface area contributed by atoms with Gasteiger partial charge in [0.2, 0.25) is 0 Å². The highest BCUT2D eigenvalue weighted by Gasteiger charge is 2.37. The summed E-state index contributed by atoms with van der Waals surface area (Å²) in [4.78, 5) is 11.8. The van der Waals surface area contributed by atoms with Crippen LogP contribution in [0.5, 0.6) is 0 Å². The van der Waals surface area contributed by atoms with E-state index < -0.39 is 0 Å². The summed E-state index contributed by atoms with van der Waals surface area (Å²) in [6.45, 7) is 8.20. The highest BCUT2D eigenvalue weighted by atomic mass is 79.9. The zero-order valence-corrected chi connectivity index (χ0v) is 14.6. The SMILES string of the molecule is CCOC(=O)C(C)C(C)(C)C(Br)C=C(Br)Br. The highest BCUT2D eigenvalue weighted by Crippen LogP contribution is 2.38. The Kier molecular flexibility index (Phi) is 7.46. The first-order chi connectivity index (χ1) is 7.23. The second-order valence-corrected chi connectivity index (χ2v) is 7.91. The molecule has 0 heterocycles. The van der Waals surface area contributed by atoms with Gasteiger partial charge in [-0.3, -0.25) is 4.79 Å². The van der Waals surface area contributed by atoms with Gasteiger partial charge < -0.3 is 4.74 Å². The Labute approximate surface area is 123 Å². The Morgan fingerprint density at radius 2 is 1.94 bits per heavy atom. The zero-order valence-electron chi connectivity index (χ0n) is 9.89. The first kappa shape index (κ1) is 16.6. The molecule has 0 bridgehead atoms. The van der Waals surface area contributed by atoms with Crippen LogP contribution in [0.3, 0.4) is 0 Å². The molecule has 0 radical (unpaired) electrons. The molecule has 2 unspecified atom stereocenters. The van der Waals surface area contributed by atoms with Gasteiger partial charge in [0.25, 0.3) is 0 Å². The van der Waals surface area contributed by atoms with Crippen LogP contribution in [0.1, 0.15) is 27.7 Å². The first-order valence-electron chi connectivity index (χ1n) is 5.07. The summed E-state index contributed by atoms with van der Waals surface area (Å²) >= 11 is 10.2. The summed E-state index contributed by atoms with van der Waals surface area (Å²) in [5, 5.41) is 0. The van der Waals surface area contributed by atoms with Gasteiger partial charge in [-0.1, -0.05) is 36.7 Å². The minimum atomic E-state index is -0.223. The molecule has 0 fully saturated rings. The number of allylic oxidation sites excluding steroid dienone is 1. The maximum atomic E-state index is 11.7. The van der Waals surface area contributed by atoms with E-state index in [1.54, 1.807) is 0 Å². The topological polar surface area (TPSA) is 26.3 Å². The molecule has 0 N–H and O–H groups in total. The molecule has 2 nitrogen and oxygen atoms in total. The number of halogens is 3. The normalized spacial score (nSPS) is 15.2. The van der Waals surface area contributed by atoms with Crippen LogP contribution in [-0.4, -0.2) is 17.4 Å². The van der Waals surface area contributed by atoms with Crippen LogP contribution in [0.4, 0.5) is 0 Å². The van der Waals surface area contributed by atoms with E-state index in [-0.39, 0.29) is 22.1 Å². The molecule has 0 aliphatic heterocycles. The van der Waals surface area contributed by atoms with Crippen molar-refractivity contribution in [1.82, 2.24) is 0 Å². The lowest BCUT2D eigenvalue weighted by molar-refractivity contribution is -0.151. The Morgan fingerprint density at radius 3 is 2.31 bits per heavy atom. The average molecular weight is 421 g/mol. The van der Waals surface area contributed by atoms with Crippen molar-refractivity contribution in [2.24, 2.45) is 11.3 Å². The van der Waals surface area contributed by atoms with E-state index in [0.29, 0.717) is 6.61 Å². The molecule has 0 saturated carbocycles. The molecule has 0 rings (SSSR count). The minimum Gasteiger partial charge on any atom is -0.466 e. The molecule has 0 amide bonds. The number of esters is 1. The van der Waals surface area contributed by atoms with E-state index in [1.807, 2.05) is 33.8 Å². The maximum Gasteiger partial charge on any atom is 0.309 e. The van der Waals surface area contributed by atoms with Gasteiger partial charge in [0.1, 0.15) is 0 Å². The van der Waals surface area contributed by atoms with Crippen molar-refractivity contribution in [2.45, 2.75) is 32.5 Å². The molecule has 0 aromatic rings. The second kappa shape index (κ2) is 7.17. The van der Waals surface area contributed by atoms with Gasteiger partial charge in [-0.2, -0.15) is 0 Å². The number of hydrogen-bond donors (Lipinski definition) is 0. The van der Waals surface area contributed by atoms with Crippen LogP contribution >= 0.6 is 47.8 Å². The van der Waals surface area contributed by atoms with Crippen molar-refractivity contribution in [3.8, 4) is 0 Å². The van der Waals surface area contributed by atoms with Gasteiger partial charge in [-0.05, 0) is 50.3 Å². The van der Waals surface area contributed by atoms with Crippen LogP contribution in [-0.2, 0) is 9.53 Å². The Bertz CT molecular complexity index is 270. The number of hydrogen-bond acceptors (Lipinski definition) is 2. The molecule has 2 atom stereocenters. The number of alkyl halides is 1. The van der Waals surface area contributed by atoms with Crippen LogP contribution in [0.2, 0.25) is 0 Å². The molecule has 0 saturated heterocycles. The minimum absolute atomic E-state index is 0.0770. The van der Waals surface area contributed by atoms with Crippen molar-refractivity contribution >= 4 is 53.8 Å². The third-order valence-electron chi connectivity index (χ3n) is 2.74. The standard InChI is InChI=1S/C11H17Br3O2/c1-5-16-10(15)7(2)11(3,4)8(12)6-9(13)14/h6-8H,5H2,1-4H3. The Morgan fingerprint density at radius 1 is 1.44 bits per heavy atom. The summed E-state index contributed by atoms with van der Waals surface area (Å²) in [6, 6.07) is 0. The van der Waals surface area contributed by atoms with Gasteiger partial charge in [0.05, 0.1) is 15.9 Å². The number of rotatable bonds is 5. The number of carbonyl (C=O) groups excluding carboxylic acids is 1. The fourth-order valence-electron chi connectivity index (χ4n) is 1.14. The van der Waals surface area contributed by atoms with Gasteiger partial charge in [0, 0.05) is 4.83 Å². The van der Waals surface area contributed by atoms with Crippen LogP contribution < -0.4 is 0 Å². The third-order valence-corrected chi connectivity index (χ3v) is 4.71. The predicted molar refractivity (Wildman–Crippen MR) is 78.2 cm³/mol. The molecule has 0 aliphatic carbocycles. The molecule has 5 heteroatoms. The van der Waals surface area contributed by atoms with E-state index in [1.165, 1.54) is 0 Å². The van der Waals surface area contributed by atoms with Crippen LogP contribution in [0.25, 0.3) is 0 Å². The lowest BCUT2D eigenvalue weighted by Gasteiger charge is -2.33. The summed E-state index contributed by atoms with van der Waals surface area (Å²) in [5.74, 6) is -0.330. The average Bonchev–Trinajstić information content (AvgIpc) is 2.15. The predicted octanol–water partition coefficient (Wildman–Crippen LogP) is 4.61. The fraction of sp³-hybridized carbons (Fsp3) is 0.727. The second-order valence-electron chi connectivity index (χ2n) is 4.15. The van der Waals surface area contributed by atoms with Gasteiger partial charge >= 0.3 is 5.97 Å². The van der Waals surface area contributed by atoms with Crippen LogP contribution in [0.15, 0.2) is 9.47 Å². The monoisotopic (exact) mass is 418 g/mol. The maximum absolute atomic E-state index is 11.7. The van der Waals surface area contributed by atoms with Crippen molar-refractivity contribution in [1.29, 1.82) is 0 Å². The van der Waals surface area contributed by atoms with E-state index in [4.69, 9.17) is 4.74 Å². The van der Waals surface area contributed by atoms with Crippen molar-refractivity contribution < 1.29 is 9.53 Å². The third kappa shape index (κ3) is 4.88. The summed E-state index contributed by atoms with van der Waals surface area (Å²) < 4.78 is 5.91. The Balaban J connectivity index is 4.76. The smallest absolute Gasteiger partial charge is 0.309 e. The van der Waals surface area contributed by atoms with Crippen molar-refractivity contribution in [3.05, 3.63) is 9.47 Å². The first-order valence-corrected chi connectivity index (χ1v) is 7.57. The van der Waals surface area contributed by atoms with E-state index >= 15 is 0 Å². The Hall–Kier alpha value is 0.650. The molecular weight excluding hydrogens is 404 g/mol. The summed E-state index contributed by atoms with van der Waals surface area (Å²) in [6.07, 6.45) is 1.97. The van der Waals surface area contributed by atoms with Crippen molar-refractivity contribution in [3.63, 3.8) is 0 Å². The van der Waals surface area contributed by atoms with Gasteiger partial charge in [-0.15, -0.1) is 0 Å². The fourth-order valence-corrected chi connectivity index (χ4v) is 3.03. The molecule has 94 valence electrons. The lowest BCUT2D eigenvalue weighted by atomic mass is 9.77. The summed E-state index contributed by atoms with van der Waals surface area (Å²) in [5.41, 5.74) is -0.223. The van der Waals surface area contributed by atoms with Gasteiger partial charge in [0.15, 0.2) is 0 Å². The van der Waals surface area contributed by atoms with E-state index in [0.717, 1.165) is 3.39 Å². The molecular formula is C11H17Br3O2. The van der Waals surface area contributed by atoms with Gasteiger partial charge in [-0.25, -0.2) is 0 Å². The molecule has 0 aromatic heterocycles. The quantitative estimate of drug-likeness (QED) is 0.479. The summed E-state index contributed by atoms with van der Waals surface area (Å²) in [7, 11) is 0. The van der Waals surface area contributed by atoms with Crippen LogP contribution in [0, 0.1) is 11.3 Å². The molecule has 16 heavy (non-hydrogen) atoms. The largest absolute Gasteiger partial charge is 0.466 e. The molecule has 0 aliphatic rings. The number of ether oxygens (including phenoxy) is 1. The zero-order chi connectivity index (χ0) is 12.9. The number of carbonyl (C=O) groups is 1.